The second-order valence-corrected chi connectivity index (χ2v) is 3.32. The summed E-state index contributed by atoms with van der Waals surface area (Å²) in [6.07, 6.45) is 4.01. The van der Waals surface area contributed by atoms with Gasteiger partial charge in [0.15, 0.2) is 0 Å². The van der Waals surface area contributed by atoms with Crippen molar-refractivity contribution in [2.24, 2.45) is 0 Å². The number of rotatable bonds is 1. The number of hydrogen-bond acceptors (Lipinski definition) is 1. The van der Waals surface area contributed by atoms with Gasteiger partial charge in [-0.25, -0.2) is 0 Å². The van der Waals surface area contributed by atoms with E-state index in [1.807, 2.05) is 12.2 Å². The van der Waals surface area contributed by atoms with Gasteiger partial charge >= 0.3 is 0 Å². The zero-order valence-corrected chi connectivity index (χ0v) is 5.38. The number of hydrogen-bond donors (Lipinski definition) is 1. The molecule has 0 spiro atoms. The number of allylic oxidation sites excluding steroid dienone is 2. The van der Waals surface area contributed by atoms with Gasteiger partial charge in [0.2, 0.25) is 0 Å². The van der Waals surface area contributed by atoms with Gasteiger partial charge in [-0.05, 0) is 10.8 Å². The van der Waals surface area contributed by atoms with Gasteiger partial charge in [0.25, 0.3) is 0 Å². The van der Waals surface area contributed by atoms with Crippen LogP contribution in [0.4, 0.5) is 0 Å². The monoisotopic (exact) mass is 129 g/mol. The summed E-state index contributed by atoms with van der Waals surface area (Å²) in [6, 6.07) is 0. The van der Waals surface area contributed by atoms with Gasteiger partial charge < -0.3 is 0 Å². The molecule has 0 N–H and O–H groups in total. The van der Waals surface area contributed by atoms with E-state index in [0.29, 0.717) is 0 Å². The Hall–Kier alpha value is -0.0800. The topological polar surface area (TPSA) is 0 Å². The first-order valence-electron chi connectivity index (χ1n) is 1.94. The van der Waals surface area contributed by atoms with Crippen LogP contribution in [0.2, 0.25) is 0 Å². The van der Waals surface area contributed by atoms with Gasteiger partial charge in [-0.3, -0.25) is 0 Å². The highest BCUT2D eigenvalue weighted by Crippen LogP contribution is 2.28. The minimum Gasteiger partial charge on any atom is -0.174 e. The van der Waals surface area contributed by atoms with Crippen molar-refractivity contribution >= 4 is 27.8 Å². The highest BCUT2D eigenvalue weighted by molar-refractivity contribution is 8.38. The van der Waals surface area contributed by atoms with E-state index in [1.165, 1.54) is 0 Å². The minimum atomic E-state index is -0.239. The van der Waals surface area contributed by atoms with Crippen molar-refractivity contribution in [3.8, 4) is 0 Å². The Labute approximate surface area is 51.3 Å². The van der Waals surface area contributed by atoms with E-state index in [1.54, 1.807) is 0 Å². The standard InChI is InChI=1S/C5H5S2/c6-5-7-3-1-2-4-7/h1-4,7H. The minimum absolute atomic E-state index is 0.239. The van der Waals surface area contributed by atoms with Crippen molar-refractivity contribution in [1.82, 2.24) is 0 Å². The zero-order chi connectivity index (χ0) is 5.11. The van der Waals surface area contributed by atoms with Gasteiger partial charge in [0, 0.05) is 0 Å². The lowest BCUT2D eigenvalue weighted by Crippen LogP contribution is -1.57. The van der Waals surface area contributed by atoms with Crippen LogP contribution in [0.15, 0.2) is 23.0 Å². The smallest absolute Gasteiger partial charge is 0.0814 e. The molecule has 0 aromatic carbocycles. The summed E-state index contributed by atoms with van der Waals surface area (Å²) in [6.45, 7) is 0. The Balaban J connectivity index is 2.59. The maximum atomic E-state index is 4.59. The molecule has 0 aliphatic carbocycles. The van der Waals surface area contributed by atoms with E-state index >= 15 is 0 Å². The van der Waals surface area contributed by atoms with Crippen LogP contribution in [-0.4, -0.2) is 4.70 Å². The molecule has 7 heavy (non-hydrogen) atoms. The molecule has 0 atom stereocenters. The van der Waals surface area contributed by atoms with Crippen molar-refractivity contribution in [2.45, 2.75) is 0 Å². The normalized spacial score (nSPS) is 20.9. The maximum absolute atomic E-state index is 4.59. The Morgan fingerprint density at radius 1 is 1.29 bits per heavy atom. The zero-order valence-electron chi connectivity index (χ0n) is 3.66. The molecular formula is C5H5S2. The van der Waals surface area contributed by atoms with Crippen molar-refractivity contribution < 1.29 is 0 Å². The van der Waals surface area contributed by atoms with Gasteiger partial charge in [0.1, 0.15) is 0 Å². The lowest BCUT2D eigenvalue weighted by Gasteiger charge is -1.92. The van der Waals surface area contributed by atoms with Gasteiger partial charge in [-0.15, -0.1) is 0 Å². The molecule has 0 nitrogen and oxygen atoms in total. The highest BCUT2D eigenvalue weighted by Gasteiger charge is 1.89. The molecule has 0 aromatic heterocycles. The molecular weight excluding hydrogens is 124 g/mol. The fourth-order valence-electron chi connectivity index (χ4n) is 0.395. The first kappa shape index (κ1) is 5.06. The van der Waals surface area contributed by atoms with Crippen molar-refractivity contribution in [1.29, 1.82) is 0 Å². The molecule has 0 amide bonds. The van der Waals surface area contributed by atoms with E-state index in [0.717, 1.165) is 0 Å². The molecule has 1 rings (SSSR count). The number of thiol groups is 1. The Morgan fingerprint density at radius 3 is 2.14 bits per heavy atom. The van der Waals surface area contributed by atoms with E-state index in [9.17, 15) is 0 Å². The van der Waals surface area contributed by atoms with Crippen LogP contribution in [0.5, 0.6) is 0 Å². The highest BCUT2D eigenvalue weighted by atomic mass is 32.2. The first-order valence-corrected chi connectivity index (χ1v) is 3.83. The average Bonchev–Trinajstić information content (AvgIpc) is 2.14. The van der Waals surface area contributed by atoms with Crippen LogP contribution < -0.4 is 0 Å². The van der Waals surface area contributed by atoms with Crippen molar-refractivity contribution in [3.05, 3.63) is 23.0 Å². The van der Waals surface area contributed by atoms with Crippen LogP contribution in [0, 0.1) is 0 Å². The summed E-state index contributed by atoms with van der Waals surface area (Å²) < 4.78 is 2.74. The van der Waals surface area contributed by atoms with E-state index < -0.39 is 0 Å². The fraction of sp³-hybridized carbons (Fsp3) is 0. The van der Waals surface area contributed by atoms with Crippen LogP contribution in [0.25, 0.3) is 0 Å². The van der Waals surface area contributed by atoms with E-state index in [-0.39, 0.29) is 10.9 Å². The quantitative estimate of drug-likeness (QED) is 0.416. The third-order valence-electron chi connectivity index (χ3n) is 0.710. The first-order chi connectivity index (χ1) is 3.43. The molecule has 0 unspecified atom stereocenters. The SMILES string of the molecule is S=[C][SH]1C=CC=C1. The molecule has 0 fully saturated rings. The second kappa shape index (κ2) is 2.28. The van der Waals surface area contributed by atoms with Crippen LogP contribution >= 0.6 is 23.1 Å². The molecule has 1 radical (unpaired) electrons. The Bertz CT molecular complexity index is 112. The Kier molecular flexibility index (Phi) is 1.65. The lowest BCUT2D eigenvalue weighted by atomic mass is 10.6. The Morgan fingerprint density at radius 2 is 1.86 bits per heavy atom. The molecule has 37 valence electrons. The summed E-state index contributed by atoms with van der Waals surface area (Å²) in [5.41, 5.74) is 0. The van der Waals surface area contributed by atoms with Crippen LogP contribution in [0.3, 0.4) is 0 Å². The van der Waals surface area contributed by atoms with Gasteiger partial charge in [-0.1, -0.05) is 24.4 Å². The molecule has 0 bridgehead atoms. The van der Waals surface area contributed by atoms with E-state index in [2.05, 4.69) is 27.7 Å². The third-order valence-corrected chi connectivity index (χ3v) is 2.54. The third kappa shape index (κ3) is 1.14. The van der Waals surface area contributed by atoms with Crippen LogP contribution in [-0.2, 0) is 0 Å². The van der Waals surface area contributed by atoms with Crippen molar-refractivity contribution in [3.63, 3.8) is 0 Å². The summed E-state index contributed by atoms with van der Waals surface area (Å²) in [7, 11) is -0.239. The number of thiocarbonyl (C=S) groups is 1. The van der Waals surface area contributed by atoms with Crippen molar-refractivity contribution in [2.75, 3.05) is 0 Å². The largest absolute Gasteiger partial charge is 0.174 e. The lowest BCUT2D eigenvalue weighted by molar-refractivity contribution is 2.15. The fourth-order valence-corrected chi connectivity index (χ4v) is 1.55. The van der Waals surface area contributed by atoms with Gasteiger partial charge in [-0.2, -0.15) is 10.9 Å². The predicted molar refractivity (Wildman–Crippen MR) is 39.9 cm³/mol. The summed E-state index contributed by atoms with van der Waals surface area (Å²) in [4.78, 5) is 0. The average molecular weight is 129 g/mol. The molecule has 2 heteroatoms. The van der Waals surface area contributed by atoms with E-state index in [4.69, 9.17) is 0 Å². The molecule has 1 heterocycles. The van der Waals surface area contributed by atoms with Crippen LogP contribution in [0.1, 0.15) is 0 Å². The molecule has 0 saturated heterocycles. The molecule has 1 aliphatic heterocycles. The molecule has 0 aromatic rings. The summed E-state index contributed by atoms with van der Waals surface area (Å²) >= 11 is 4.59. The molecule has 1 aliphatic rings. The summed E-state index contributed by atoms with van der Waals surface area (Å²) in [5.74, 6) is 0. The maximum Gasteiger partial charge on any atom is 0.0814 e. The van der Waals surface area contributed by atoms with Gasteiger partial charge in [0.05, 0.1) is 4.70 Å². The summed E-state index contributed by atoms with van der Waals surface area (Å²) in [5, 5.41) is 4.14. The predicted octanol–water partition coefficient (Wildman–Crippen LogP) is 1.86. The molecule has 0 saturated carbocycles. The second-order valence-electron chi connectivity index (χ2n) is 1.18.